The van der Waals surface area contributed by atoms with E-state index in [-0.39, 0.29) is 5.56 Å². The van der Waals surface area contributed by atoms with E-state index in [0.29, 0.717) is 17.4 Å². The molecule has 1 aliphatic carbocycles. The molecular weight excluding hydrogens is 368 g/mol. The first-order valence-electron chi connectivity index (χ1n) is 9.61. The summed E-state index contributed by atoms with van der Waals surface area (Å²) in [5.41, 5.74) is 1.84. The molecule has 2 aromatic carbocycles. The van der Waals surface area contributed by atoms with Gasteiger partial charge in [-0.2, -0.15) is 4.39 Å². The lowest BCUT2D eigenvalue weighted by atomic mass is 9.78. The number of ether oxygens (including phenoxy) is 1. The van der Waals surface area contributed by atoms with Gasteiger partial charge in [0, 0.05) is 5.56 Å². The first kappa shape index (κ1) is 20.4. The Morgan fingerprint density at radius 3 is 2.25 bits per heavy atom. The van der Waals surface area contributed by atoms with E-state index in [1.54, 1.807) is 12.1 Å². The van der Waals surface area contributed by atoms with Crippen molar-refractivity contribution >= 4 is 0 Å². The molecule has 0 heterocycles. The van der Waals surface area contributed by atoms with E-state index in [1.165, 1.54) is 17.7 Å². The standard InChI is InChI=1S/C23H24F4O/c1-2-3-15-4-6-16(7-5-15)17-8-10-18(11-9-17)19-12-13-20(23(27)22(19)26)28-14-21(24)25/h2-3,8-13,15-16,21H,4-7,14H2,1H3. The van der Waals surface area contributed by atoms with Gasteiger partial charge in [-0.15, -0.1) is 0 Å². The summed E-state index contributed by atoms with van der Waals surface area (Å²) in [6.07, 6.45) is 6.19. The van der Waals surface area contributed by atoms with Crippen LogP contribution in [0.5, 0.6) is 5.75 Å². The number of hydrogen-bond acceptors (Lipinski definition) is 1. The Morgan fingerprint density at radius 1 is 0.964 bits per heavy atom. The smallest absolute Gasteiger partial charge is 0.272 e. The summed E-state index contributed by atoms with van der Waals surface area (Å²) in [5, 5.41) is 0. The normalized spacial score (nSPS) is 20.1. The van der Waals surface area contributed by atoms with E-state index in [4.69, 9.17) is 0 Å². The van der Waals surface area contributed by atoms with Crippen molar-refractivity contribution in [3.63, 3.8) is 0 Å². The third kappa shape index (κ3) is 4.75. The quantitative estimate of drug-likeness (QED) is 0.375. The molecule has 0 atom stereocenters. The first-order chi connectivity index (χ1) is 13.5. The number of allylic oxidation sites excluding steroid dienone is 2. The zero-order chi connectivity index (χ0) is 20.1. The maximum Gasteiger partial charge on any atom is 0.272 e. The fourth-order valence-electron chi connectivity index (χ4n) is 3.87. The van der Waals surface area contributed by atoms with Crippen LogP contribution in [0, 0.1) is 17.6 Å². The van der Waals surface area contributed by atoms with E-state index in [0.717, 1.165) is 25.7 Å². The molecule has 1 aliphatic rings. The Balaban J connectivity index is 1.72. The Kier molecular flexibility index (Phi) is 6.76. The van der Waals surface area contributed by atoms with Crippen molar-refractivity contribution in [1.29, 1.82) is 0 Å². The molecule has 0 unspecified atom stereocenters. The maximum absolute atomic E-state index is 14.4. The lowest BCUT2D eigenvalue weighted by Crippen LogP contribution is -2.11. The lowest BCUT2D eigenvalue weighted by Gasteiger charge is -2.27. The van der Waals surface area contributed by atoms with Crippen LogP contribution in [0.1, 0.15) is 44.1 Å². The van der Waals surface area contributed by atoms with E-state index in [1.807, 2.05) is 19.1 Å². The second-order valence-electron chi connectivity index (χ2n) is 7.20. The zero-order valence-corrected chi connectivity index (χ0v) is 15.8. The van der Waals surface area contributed by atoms with Crippen molar-refractivity contribution in [2.75, 3.05) is 6.61 Å². The highest BCUT2D eigenvalue weighted by atomic mass is 19.3. The van der Waals surface area contributed by atoms with Crippen molar-refractivity contribution in [3.05, 3.63) is 65.7 Å². The number of rotatable bonds is 6. The van der Waals surface area contributed by atoms with Crippen LogP contribution < -0.4 is 4.74 Å². The summed E-state index contributed by atoms with van der Waals surface area (Å²) < 4.78 is 57.5. The molecule has 0 aromatic heterocycles. The molecule has 0 aliphatic heterocycles. The monoisotopic (exact) mass is 392 g/mol. The van der Waals surface area contributed by atoms with E-state index >= 15 is 0 Å². The van der Waals surface area contributed by atoms with Gasteiger partial charge in [0.2, 0.25) is 5.82 Å². The molecule has 0 saturated heterocycles. The van der Waals surface area contributed by atoms with Crippen LogP contribution in [-0.2, 0) is 0 Å². The van der Waals surface area contributed by atoms with E-state index in [9.17, 15) is 17.6 Å². The highest BCUT2D eigenvalue weighted by Gasteiger charge is 2.21. The summed E-state index contributed by atoms with van der Waals surface area (Å²) in [4.78, 5) is 0. The van der Waals surface area contributed by atoms with Crippen LogP contribution in [0.3, 0.4) is 0 Å². The van der Waals surface area contributed by atoms with Crippen molar-refractivity contribution in [1.82, 2.24) is 0 Å². The van der Waals surface area contributed by atoms with Crippen LogP contribution in [0.2, 0.25) is 0 Å². The summed E-state index contributed by atoms with van der Waals surface area (Å²) in [5.74, 6) is -1.70. The number of benzene rings is 2. The van der Waals surface area contributed by atoms with Gasteiger partial charge < -0.3 is 4.74 Å². The second-order valence-corrected chi connectivity index (χ2v) is 7.20. The minimum Gasteiger partial charge on any atom is -0.484 e. The third-order valence-corrected chi connectivity index (χ3v) is 5.34. The molecule has 2 aromatic rings. The fraction of sp³-hybridized carbons (Fsp3) is 0.391. The van der Waals surface area contributed by atoms with Gasteiger partial charge in [0.15, 0.2) is 11.6 Å². The highest BCUT2D eigenvalue weighted by molar-refractivity contribution is 5.65. The number of alkyl halides is 2. The van der Waals surface area contributed by atoms with Crippen molar-refractivity contribution in [2.45, 2.75) is 45.0 Å². The molecule has 3 rings (SSSR count). The lowest BCUT2D eigenvalue weighted by molar-refractivity contribution is 0.0795. The van der Waals surface area contributed by atoms with Gasteiger partial charge in [0.05, 0.1) is 0 Å². The van der Waals surface area contributed by atoms with Gasteiger partial charge >= 0.3 is 0 Å². The Bertz CT molecular complexity index is 806. The predicted molar refractivity (Wildman–Crippen MR) is 103 cm³/mol. The maximum atomic E-state index is 14.4. The third-order valence-electron chi connectivity index (χ3n) is 5.34. The first-order valence-corrected chi connectivity index (χ1v) is 9.61. The summed E-state index contributed by atoms with van der Waals surface area (Å²) in [7, 11) is 0. The minimum absolute atomic E-state index is 0.0882. The average Bonchev–Trinajstić information content (AvgIpc) is 2.70. The van der Waals surface area contributed by atoms with Gasteiger partial charge in [-0.1, -0.05) is 36.4 Å². The Labute approximate surface area is 163 Å². The Hall–Kier alpha value is -2.30. The van der Waals surface area contributed by atoms with Gasteiger partial charge in [-0.3, -0.25) is 0 Å². The summed E-state index contributed by atoms with van der Waals surface area (Å²) >= 11 is 0. The predicted octanol–water partition coefficient (Wildman–Crippen LogP) is 7.13. The minimum atomic E-state index is -2.75. The molecule has 28 heavy (non-hydrogen) atoms. The molecule has 1 fully saturated rings. The number of halogens is 4. The molecule has 0 bridgehead atoms. The highest BCUT2D eigenvalue weighted by Crippen LogP contribution is 2.37. The van der Waals surface area contributed by atoms with Crippen LogP contribution in [0.25, 0.3) is 11.1 Å². The second kappa shape index (κ2) is 9.26. The van der Waals surface area contributed by atoms with Gasteiger partial charge in [-0.25, -0.2) is 13.2 Å². The molecule has 1 saturated carbocycles. The topological polar surface area (TPSA) is 9.23 Å². The molecule has 0 amide bonds. The molecule has 5 heteroatoms. The molecule has 0 spiro atoms. The van der Waals surface area contributed by atoms with E-state index < -0.39 is 30.4 Å². The zero-order valence-electron chi connectivity index (χ0n) is 15.8. The fourth-order valence-corrected chi connectivity index (χ4v) is 3.87. The molecule has 150 valence electrons. The summed E-state index contributed by atoms with van der Waals surface area (Å²) in [6, 6.07) is 10.0. The molecule has 1 nitrogen and oxygen atoms in total. The van der Waals surface area contributed by atoms with Crippen LogP contribution in [0.4, 0.5) is 17.6 Å². The summed E-state index contributed by atoms with van der Waals surface area (Å²) in [6.45, 7) is 1.07. The molecule has 0 radical (unpaired) electrons. The molecular formula is C23H24F4O. The van der Waals surface area contributed by atoms with Crippen LogP contribution in [-0.4, -0.2) is 13.0 Å². The van der Waals surface area contributed by atoms with Gasteiger partial charge in [0.25, 0.3) is 6.43 Å². The SMILES string of the molecule is CC=CC1CCC(c2ccc(-c3ccc(OCC(F)F)c(F)c3F)cc2)CC1. The number of hydrogen-bond donors (Lipinski definition) is 0. The average molecular weight is 392 g/mol. The van der Waals surface area contributed by atoms with Crippen molar-refractivity contribution in [3.8, 4) is 16.9 Å². The van der Waals surface area contributed by atoms with Crippen molar-refractivity contribution in [2.24, 2.45) is 5.92 Å². The van der Waals surface area contributed by atoms with Gasteiger partial charge in [-0.05, 0) is 67.7 Å². The largest absolute Gasteiger partial charge is 0.484 e. The van der Waals surface area contributed by atoms with E-state index in [2.05, 4.69) is 16.9 Å². The Morgan fingerprint density at radius 2 is 1.64 bits per heavy atom. The van der Waals surface area contributed by atoms with Gasteiger partial charge in [0.1, 0.15) is 6.61 Å². The van der Waals surface area contributed by atoms with Crippen molar-refractivity contribution < 1.29 is 22.3 Å². The van der Waals surface area contributed by atoms with Crippen LogP contribution in [0.15, 0.2) is 48.6 Å². The molecule has 0 N–H and O–H groups in total. The van der Waals surface area contributed by atoms with Crippen LogP contribution >= 0.6 is 0 Å².